The lowest BCUT2D eigenvalue weighted by Crippen LogP contribution is -2.39. The largest absolute Gasteiger partial charge is 0.573 e. The van der Waals surface area contributed by atoms with E-state index in [0.29, 0.717) is 28.3 Å². The maximum Gasteiger partial charge on any atom is 0.573 e. The average Bonchev–Trinajstić information content (AvgIpc) is 3.43. The number of alkyl halides is 3. The number of fused-ring (bicyclic) bond motifs is 3. The highest BCUT2D eigenvalue weighted by Gasteiger charge is 2.32. The van der Waals surface area contributed by atoms with Crippen LogP contribution in [0.1, 0.15) is 49.5 Å². The SMILES string of the molecule is CC(C)(C)OC(=O)N(CCC(=O)NCCCn1c(=O)c2nn(PI)cc2c2ccc(C(=O)O)cc21)Cc1ccc(OC(F)(F)F)c(Cl)c1. The molecule has 2 aromatic carbocycles. The molecule has 0 spiro atoms. The second kappa shape index (κ2) is 15.3. The lowest BCUT2D eigenvalue weighted by atomic mass is 10.1. The van der Waals surface area contributed by atoms with E-state index in [9.17, 15) is 37.5 Å². The Kier molecular flexibility index (Phi) is 11.8. The minimum atomic E-state index is -4.93. The van der Waals surface area contributed by atoms with Crippen molar-refractivity contribution in [2.24, 2.45) is 0 Å². The predicted molar refractivity (Wildman–Crippen MR) is 183 cm³/mol. The van der Waals surface area contributed by atoms with Gasteiger partial charge in [0.1, 0.15) is 11.4 Å². The highest BCUT2D eigenvalue weighted by molar-refractivity contribution is 14.2. The molecule has 0 radical (unpaired) electrons. The van der Waals surface area contributed by atoms with Crippen LogP contribution in [0.15, 0.2) is 47.4 Å². The van der Waals surface area contributed by atoms with Gasteiger partial charge in [-0.1, -0.05) is 23.7 Å². The third-order valence-electron chi connectivity index (χ3n) is 6.81. The molecule has 0 fully saturated rings. The molecule has 2 heterocycles. The smallest absolute Gasteiger partial charge is 0.478 e. The molecule has 12 nitrogen and oxygen atoms in total. The summed E-state index contributed by atoms with van der Waals surface area (Å²) in [6.45, 7) is 5.12. The fourth-order valence-corrected chi connectivity index (χ4v) is 6.07. The highest BCUT2D eigenvalue weighted by Crippen LogP contribution is 2.32. The van der Waals surface area contributed by atoms with Crippen LogP contribution >= 0.6 is 40.0 Å². The molecular weight excluding hydrogens is 793 g/mol. The van der Waals surface area contributed by atoms with Crippen LogP contribution in [-0.4, -0.2) is 67.1 Å². The van der Waals surface area contributed by atoms with Crippen molar-refractivity contribution in [1.29, 1.82) is 0 Å². The number of carboxylic acid groups (broad SMARTS) is 1. The zero-order valence-corrected chi connectivity index (χ0v) is 29.8. The highest BCUT2D eigenvalue weighted by atomic mass is 127. The molecule has 1 atom stereocenters. The Morgan fingerprint density at radius 1 is 1.12 bits per heavy atom. The van der Waals surface area contributed by atoms with Crippen molar-refractivity contribution in [3.05, 3.63) is 69.1 Å². The maximum absolute atomic E-state index is 13.4. The van der Waals surface area contributed by atoms with Crippen LogP contribution in [0.4, 0.5) is 18.0 Å². The van der Waals surface area contributed by atoms with Crippen molar-refractivity contribution in [2.75, 3.05) is 13.1 Å². The van der Waals surface area contributed by atoms with Gasteiger partial charge in [0.25, 0.3) is 5.56 Å². The summed E-state index contributed by atoms with van der Waals surface area (Å²) in [5.41, 5.74) is -0.152. The van der Waals surface area contributed by atoms with Crippen LogP contribution in [0, 0.1) is 0 Å². The summed E-state index contributed by atoms with van der Waals surface area (Å²) in [5.74, 6) is -2.13. The van der Waals surface area contributed by atoms with Gasteiger partial charge < -0.3 is 29.4 Å². The normalized spacial score (nSPS) is 12.2. The van der Waals surface area contributed by atoms with E-state index in [1.807, 2.05) is 0 Å². The second-order valence-corrected chi connectivity index (χ2v) is 14.1. The van der Waals surface area contributed by atoms with E-state index in [4.69, 9.17) is 16.3 Å². The van der Waals surface area contributed by atoms with Crippen LogP contribution in [0.2, 0.25) is 5.02 Å². The number of aromatic carboxylic acids is 1. The third kappa shape index (κ3) is 9.72. The quantitative estimate of drug-likeness (QED) is 0.0910. The van der Waals surface area contributed by atoms with Crippen molar-refractivity contribution in [2.45, 2.75) is 58.7 Å². The van der Waals surface area contributed by atoms with Gasteiger partial charge in [0.05, 0.1) is 22.5 Å². The molecule has 0 saturated heterocycles. The lowest BCUT2D eigenvalue weighted by molar-refractivity contribution is -0.274. The molecule has 48 heavy (non-hydrogen) atoms. The number of aromatic nitrogens is 3. The van der Waals surface area contributed by atoms with Gasteiger partial charge in [-0.3, -0.25) is 9.59 Å². The number of amides is 2. The summed E-state index contributed by atoms with van der Waals surface area (Å²) < 4.78 is 50.3. The van der Waals surface area contributed by atoms with E-state index in [1.165, 1.54) is 33.7 Å². The molecular formula is C30H31ClF3IN5O7P. The predicted octanol–water partition coefficient (Wildman–Crippen LogP) is 6.73. The number of carbonyl (C=O) groups is 3. The summed E-state index contributed by atoms with van der Waals surface area (Å²) in [5, 5.41) is 17.6. The Bertz CT molecular complexity index is 1910. The number of halogens is 5. The first-order valence-electron chi connectivity index (χ1n) is 14.4. The number of ether oxygens (including phenoxy) is 2. The fraction of sp³-hybridized carbons (Fsp3) is 0.367. The first kappa shape index (κ1) is 37.2. The molecule has 2 aromatic heterocycles. The number of benzene rings is 2. The van der Waals surface area contributed by atoms with E-state index in [1.54, 1.807) is 37.5 Å². The number of carbonyl (C=O) groups excluding carboxylic acids is 2. The Morgan fingerprint density at radius 2 is 1.85 bits per heavy atom. The monoisotopic (exact) mass is 823 g/mol. The fourth-order valence-electron chi connectivity index (χ4n) is 4.77. The number of hydrogen-bond donors (Lipinski definition) is 2. The first-order chi connectivity index (χ1) is 22.5. The van der Waals surface area contributed by atoms with Gasteiger partial charge in [-0.2, -0.15) is 5.10 Å². The van der Waals surface area contributed by atoms with Crippen molar-refractivity contribution in [1.82, 2.24) is 24.3 Å². The van der Waals surface area contributed by atoms with Crippen molar-refractivity contribution >= 4 is 79.8 Å². The molecule has 0 saturated carbocycles. The molecule has 0 aliphatic heterocycles. The number of carboxylic acids is 1. The van der Waals surface area contributed by atoms with Crippen LogP contribution in [0.3, 0.4) is 0 Å². The third-order valence-corrected chi connectivity index (χ3v) is 8.99. The van der Waals surface area contributed by atoms with Gasteiger partial charge >= 0.3 is 18.4 Å². The molecule has 2 N–H and O–H groups in total. The zero-order chi connectivity index (χ0) is 35.4. The van der Waals surface area contributed by atoms with Gasteiger partial charge in [-0.05, 0) is 79.1 Å². The molecule has 258 valence electrons. The van der Waals surface area contributed by atoms with E-state index in [2.05, 4.69) is 37.2 Å². The van der Waals surface area contributed by atoms with E-state index < -0.39 is 35.7 Å². The molecule has 18 heteroatoms. The minimum Gasteiger partial charge on any atom is -0.478 e. The first-order valence-corrected chi connectivity index (χ1v) is 18.8. The van der Waals surface area contributed by atoms with Gasteiger partial charge in [-0.15, -0.1) is 13.2 Å². The number of hydrogen-bond acceptors (Lipinski definition) is 7. The second-order valence-electron chi connectivity index (χ2n) is 11.6. The van der Waals surface area contributed by atoms with Crippen LogP contribution in [0.25, 0.3) is 21.8 Å². The van der Waals surface area contributed by atoms with Crippen LogP contribution < -0.4 is 15.6 Å². The lowest BCUT2D eigenvalue weighted by Gasteiger charge is -2.27. The van der Waals surface area contributed by atoms with Gasteiger partial charge in [0.15, 0.2) is 5.52 Å². The van der Waals surface area contributed by atoms with Crippen molar-refractivity contribution < 1.29 is 42.1 Å². The number of nitrogens with zero attached hydrogens (tertiary/aromatic N) is 4. The molecule has 2 amide bonds. The topological polar surface area (TPSA) is 145 Å². The van der Waals surface area contributed by atoms with Crippen molar-refractivity contribution in [3.8, 4) is 5.75 Å². The van der Waals surface area contributed by atoms with Gasteiger partial charge in [0.2, 0.25) is 5.91 Å². The van der Waals surface area contributed by atoms with Gasteiger partial charge in [-0.25, -0.2) is 14.0 Å². The molecule has 0 aliphatic carbocycles. The summed E-state index contributed by atoms with van der Waals surface area (Å²) in [7, 11) is 0. The number of nitrogens with one attached hydrogen (secondary N) is 1. The summed E-state index contributed by atoms with van der Waals surface area (Å²) in [4.78, 5) is 52.0. The number of rotatable bonds is 12. The standard InChI is InChI=1S/C30H31ClF3IN5O7P/c1-29(2,3)47-28(45)38(15-17-5-8-23(21(31)13-17)46-30(32,33)34)12-9-24(41)36-10-4-11-39-22-14-18(27(43)44)6-7-19(22)20-16-40(48-35)37-25(20)26(39)42/h5-8,13-14,16,48H,4,9-12,15H2,1-3H3,(H,36,41)(H,43,44). The molecule has 1 unspecified atom stereocenters. The minimum absolute atomic E-state index is 0.0221. The Hall–Kier alpha value is -3.63. The van der Waals surface area contributed by atoms with E-state index in [-0.39, 0.29) is 60.6 Å². The van der Waals surface area contributed by atoms with Crippen molar-refractivity contribution in [3.63, 3.8) is 0 Å². The Morgan fingerprint density at radius 3 is 2.48 bits per heavy atom. The average molecular weight is 824 g/mol. The number of aryl methyl sites for hydroxylation is 1. The Labute approximate surface area is 291 Å². The molecule has 4 aromatic rings. The van der Waals surface area contributed by atoms with Gasteiger partial charge in [0, 0.05) is 49.6 Å². The van der Waals surface area contributed by atoms with E-state index in [0.717, 1.165) is 6.07 Å². The molecule has 0 aliphatic rings. The summed E-state index contributed by atoms with van der Waals surface area (Å²) in [6.07, 6.45) is -3.48. The zero-order valence-electron chi connectivity index (χ0n) is 25.9. The number of pyridine rings is 1. The Balaban J connectivity index is 1.42. The van der Waals surface area contributed by atoms with Crippen LogP contribution in [0.5, 0.6) is 5.75 Å². The summed E-state index contributed by atoms with van der Waals surface area (Å²) >= 11 is 8.11. The molecule has 4 rings (SSSR count). The van der Waals surface area contributed by atoms with E-state index >= 15 is 0 Å². The summed E-state index contributed by atoms with van der Waals surface area (Å²) in [6, 6.07) is 8.14. The maximum atomic E-state index is 13.4. The van der Waals surface area contributed by atoms with Crippen LogP contribution in [-0.2, 0) is 22.6 Å². The molecule has 0 bridgehead atoms.